The normalized spacial score (nSPS) is 21.1. The summed E-state index contributed by atoms with van der Waals surface area (Å²) in [6, 6.07) is 18.4. The van der Waals surface area contributed by atoms with E-state index in [4.69, 9.17) is 16.4 Å². The summed E-state index contributed by atoms with van der Waals surface area (Å²) in [6.07, 6.45) is 1.01. The minimum atomic E-state index is 0.147. The Morgan fingerprint density at radius 3 is 2.40 bits per heavy atom. The molecule has 2 aliphatic heterocycles. The average molecular weight is 356 g/mol. The maximum absolute atomic E-state index is 5.95. The highest BCUT2D eigenvalue weighted by atomic mass is 35.5. The van der Waals surface area contributed by atoms with Gasteiger partial charge in [-0.25, -0.2) is 0 Å². The number of benzene rings is 2. The monoisotopic (exact) mass is 355 g/mol. The lowest BCUT2D eigenvalue weighted by Gasteiger charge is -2.36. The molecule has 0 saturated carbocycles. The van der Waals surface area contributed by atoms with Crippen LogP contribution in [0.2, 0.25) is 5.02 Å². The largest absolute Gasteiger partial charge is 0.390 e. The Morgan fingerprint density at radius 1 is 0.960 bits per heavy atom. The van der Waals surface area contributed by atoms with Gasteiger partial charge in [-0.05, 0) is 29.8 Å². The predicted molar refractivity (Wildman–Crippen MR) is 103 cm³/mol. The number of hydrogen-bond donors (Lipinski definition) is 0. The van der Waals surface area contributed by atoms with Crippen LogP contribution in [0, 0.1) is 0 Å². The third-order valence-electron chi connectivity index (χ3n) is 4.87. The van der Waals surface area contributed by atoms with Crippen LogP contribution in [0.4, 0.5) is 5.69 Å². The van der Waals surface area contributed by atoms with Crippen LogP contribution in [-0.2, 0) is 4.84 Å². The molecule has 1 unspecified atom stereocenters. The van der Waals surface area contributed by atoms with E-state index in [0.717, 1.165) is 55.4 Å². The minimum Gasteiger partial charge on any atom is -0.390 e. The summed E-state index contributed by atoms with van der Waals surface area (Å²) in [5, 5.41) is 5.03. The molecule has 1 atom stereocenters. The molecule has 2 aromatic rings. The molecule has 1 saturated heterocycles. The van der Waals surface area contributed by atoms with Gasteiger partial charge in [0.1, 0.15) is 6.10 Å². The molecular weight excluding hydrogens is 334 g/mol. The van der Waals surface area contributed by atoms with E-state index in [1.54, 1.807) is 0 Å². The first-order chi connectivity index (χ1) is 12.3. The van der Waals surface area contributed by atoms with Crippen LogP contribution < -0.4 is 4.90 Å². The van der Waals surface area contributed by atoms with Crippen molar-refractivity contribution in [1.29, 1.82) is 0 Å². The third kappa shape index (κ3) is 3.97. The van der Waals surface area contributed by atoms with Gasteiger partial charge < -0.3 is 9.74 Å². The standard InChI is InChI=1S/C20H22ClN3O/c21-17-8-6-16(7-9-17)20-14-19(25-22-20)15-23-10-12-24(13-11-23)18-4-2-1-3-5-18/h1-9,19H,10-15H2. The Hall–Kier alpha value is -2.04. The van der Waals surface area contributed by atoms with Gasteiger partial charge in [0.05, 0.1) is 5.71 Å². The molecule has 0 bridgehead atoms. The van der Waals surface area contributed by atoms with Crippen molar-refractivity contribution in [3.05, 3.63) is 65.2 Å². The maximum atomic E-state index is 5.95. The van der Waals surface area contributed by atoms with Crippen LogP contribution in [0.15, 0.2) is 59.8 Å². The first-order valence-electron chi connectivity index (χ1n) is 8.79. The summed E-state index contributed by atoms with van der Waals surface area (Å²) in [5.41, 5.74) is 3.43. The quantitative estimate of drug-likeness (QED) is 0.838. The molecule has 0 radical (unpaired) electrons. The fraction of sp³-hybridized carbons (Fsp3) is 0.350. The van der Waals surface area contributed by atoms with Gasteiger partial charge in [-0.2, -0.15) is 0 Å². The smallest absolute Gasteiger partial charge is 0.145 e. The summed E-state index contributed by atoms with van der Waals surface area (Å²) in [7, 11) is 0. The molecule has 2 aliphatic rings. The van der Waals surface area contributed by atoms with Gasteiger partial charge in [-0.1, -0.05) is 47.1 Å². The molecule has 2 aromatic carbocycles. The molecule has 0 aliphatic carbocycles. The van der Waals surface area contributed by atoms with Gasteiger partial charge in [-0.3, -0.25) is 4.90 Å². The Labute approximate surface area is 153 Å². The fourth-order valence-corrected chi connectivity index (χ4v) is 3.58. The second kappa shape index (κ2) is 7.46. The fourth-order valence-electron chi connectivity index (χ4n) is 3.45. The van der Waals surface area contributed by atoms with Crippen molar-refractivity contribution < 1.29 is 4.84 Å². The van der Waals surface area contributed by atoms with E-state index in [-0.39, 0.29) is 6.10 Å². The molecule has 0 aromatic heterocycles. The van der Waals surface area contributed by atoms with Crippen molar-refractivity contribution >= 4 is 23.0 Å². The topological polar surface area (TPSA) is 28.1 Å². The van der Waals surface area contributed by atoms with Crippen LogP contribution >= 0.6 is 11.6 Å². The van der Waals surface area contributed by atoms with Crippen molar-refractivity contribution in [3.63, 3.8) is 0 Å². The Kier molecular flexibility index (Phi) is 4.90. The highest BCUT2D eigenvalue weighted by molar-refractivity contribution is 6.30. The SMILES string of the molecule is Clc1ccc(C2=NOC(CN3CCN(c4ccccc4)CC3)C2)cc1. The number of para-hydroxylation sites is 1. The summed E-state index contributed by atoms with van der Waals surface area (Å²) in [4.78, 5) is 10.6. The molecule has 5 heteroatoms. The minimum absolute atomic E-state index is 0.147. The van der Waals surface area contributed by atoms with E-state index in [9.17, 15) is 0 Å². The van der Waals surface area contributed by atoms with Crippen LogP contribution in [0.25, 0.3) is 0 Å². The second-order valence-electron chi connectivity index (χ2n) is 6.60. The van der Waals surface area contributed by atoms with Crippen LogP contribution in [-0.4, -0.2) is 49.4 Å². The number of nitrogens with zero attached hydrogens (tertiary/aromatic N) is 3. The average Bonchev–Trinajstić information content (AvgIpc) is 3.12. The highest BCUT2D eigenvalue weighted by Crippen LogP contribution is 2.21. The molecule has 4 nitrogen and oxygen atoms in total. The number of halogens is 1. The van der Waals surface area contributed by atoms with E-state index >= 15 is 0 Å². The van der Waals surface area contributed by atoms with Gasteiger partial charge in [0.15, 0.2) is 0 Å². The molecule has 0 N–H and O–H groups in total. The zero-order valence-electron chi connectivity index (χ0n) is 14.1. The molecule has 4 rings (SSSR count). The summed E-state index contributed by atoms with van der Waals surface area (Å²) in [5.74, 6) is 0. The van der Waals surface area contributed by atoms with Gasteiger partial charge in [0.2, 0.25) is 0 Å². The Morgan fingerprint density at radius 2 is 1.68 bits per heavy atom. The molecule has 25 heavy (non-hydrogen) atoms. The zero-order chi connectivity index (χ0) is 17.1. The summed E-state index contributed by atoms with van der Waals surface area (Å²) >= 11 is 5.95. The van der Waals surface area contributed by atoms with Gasteiger partial charge in [-0.15, -0.1) is 0 Å². The van der Waals surface area contributed by atoms with Crippen molar-refractivity contribution in [2.24, 2.45) is 5.16 Å². The third-order valence-corrected chi connectivity index (χ3v) is 5.12. The van der Waals surface area contributed by atoms with Crippen LogP contribution in [0.5, 0.6) is 0 Å². The number of oxime groups is 1. The van der Waals surface area contributed by atoms with Crippen LogP contribution in [0.1, 0.15) is 12.0 Å². The summed E-state index contributed by atoms with van der Waals surface area (Å²) < 4.78 is 0. The van der Waals surface area contributed by atoms with E-state index in [1.165, 1.54) is 5.69 Å². The lowest BCUT2D eigenvalue weighted by Crippen LogP contribution is -2.48. The molecule has 130 valence electrons. The van der Waals surface area contributed by atoms with Crippen molar-refractivity contribution in [1.82, 2.24) is 4.90 Å². The van der Waals surface area contributed by atoms with Gasteiger partial charge in [0, 0.05) is 49.9 Å². The molecule has 1 fully saturated rings. The molecule has 0 amide bonds. The summed E-state index contributed by atoms with van der Waals surface area (Å²) in [6.45, 7) is 5.17. The number of hydrogen-bond acceptors (Lipinski definition) is 4. The number of anilines is 1. The van der Waals surface area contributed by atoms with E-state index in [0.29, 0.717) is 0 Å². The first-order valence-corrected chi connectivity index (χ1v) is 9.17. The maximum Gasteiger partial charge on any atom is 0.145 e. The lowest BCUT2D eigenvalue weighted by molar-refractivity contribution is 0.0510. The Bertz CT molecular complexity index is 724. The van der Waals surface area contributed by atoms with E-state index in [2.05, 4.69) is 45.3 Å². The molecular formula is C20H22ClN3O. The van der Waals surface area contributed by atoms with Crippen molar-refractivity contribution in [3.8, 4) is 0 Å². The second-order valence-corrected chi connectivity index (χ2v) is 7.04. The van der Waals surface area contributed by atoms with E-state index in [1.807, 2.05) is 24.3 Å². The van der Waals surface area contributed by atoms with Gasteiger partial charge >= 0.3 is 0 Å². The predicted octanol–water partition coefficient (Wildman–Crippen LogP) is 3.66. The molecule has 2 heterocycles. The number of rotatable bonds is 4. The van der Waals surface area contributed by atoms with Gasteiger partial charge in [0.25, 0.3) is 0 Å². The first kappa shape index (κ1) is 16.4. The van der Waals surface area contributed by atoms with E-state index < -0.39 is 0 Å². The molecule has 0 spiro atoms. The van der Waals surface area contributed by atoms with Crippen molar-refractivity contribution in [2.75, 3.05) is 37.6 Å². The Balaban J connectivity index is 1.27. The highest BCUT2D eigenvalue weighted by Gasteiger charge is 2.26. The lowest BCUT2D eigenvalue weighted by atomic mass is 10.0. The van der Waals surface area contributed by atoms with Crippen LogP contribution in [0.3, 0.4) is 0 Å². The van der Waals surface area contributed by atoms with Crippen molar-refractivity contribution in [2.45, 2.75) is 12.5 Å². The number of piperazine rings is 1. The zero-order valence-corrected chi connectivity index (χ0v) is 14.9.